The first-order valence-corrected chi connectivity index (χ1v) is 6.37. The number of aromatic nitrogens is 1. The highest BCUT2D eigenvalue weighted by molar-refractivity contribution is 6.01. The lowest BCUT2D eigenvalue weighted by molar-refractivity contribution is -0.118. The van der Waals surface area contributed by atoms with Crippen molar-refractivity contribution in [2.45, 2.75) is 0 Å². The first kappa shape index (κ1) is 12.3. The van der Waals surface area contributed by atoms with E-state index >= 15 is 0 Å². The van der Waals surface area contributed by atoms with E-state index < -0.39 is 0 Å². The average molecular weight is 266 g/mol. The molecule has 1 heterocycles. The number of amides is 1. The number of hydrogen-bond acceptors (Lipinski definition) is 2. The van der Waals surface area contributed by atoms with E-state index in [0.717, 1.165) is 16.6 Å². The van der Waals surface area contributed by atoms with Crippen molar-refractivity contribution in [1.82, 2.24) is 4.98 Å². The molecular formula is C16H14N2O2. The second-order valence-corrected chi connectivity index (χ2v) is 4.40. The average Bonchev–Trinajstić information content (AvgIpc) is 2.96. The molecule has 0 radical (unpaired) electrons. The number of carbonyl (C=O) groups excluding carboxylic acids is 1. The van der Waals surface area contributed by atoms with Crippen LogP contribution in [0.2, 0.25) is 0 Å². The first-order valence-electron chi connectivity index (χ1n) is 6.37. The fraction of sp³-hybridized carbons (Fsp3) is 0.0625. The Bertz CT molecular complexity index is 719. The summed E-state index contributed by atoms with van der Waals surface area (Å²) in [5.74, 6) is 0.497. The van der Waals surface area contributed by atoms with Crippen LogP contribution in [0.3, 0.4) is 0 Å². The van der Waals surface area contributed by atoms with Crippen LogP contribution in [0.15, 0.2) is 60.8 Å². The van der Waals surface area contributed by atoms with Crippen molar-refractivity contribution in [2.75, 3.05) is 11.9 Å². The molecule has 100 valence electrons. The van der Waals surface area contributed by atoms with Crippen LogP contribution < -0.4 is 10.1 Å². The molecular weight excluding hydrogens is 252 g/mol. The Balaban J connectivity index is 1.66. The quantitative estimate of drug-likeness (QED) is 0.762. The van der Waals surface area contributed by atoms with Gasteiger partial charge in [-0.2, -0.15) is 0 Å². The first-order chi connectivity index (χ1) is 9.83. The van der Waals surface area contributed by atoms with E-state index in [-0.39, 0.29) is 12.5 Å². The number of hydrogen-bond donors (Lipinski definition) is 2. The maximum Gasteiger partial charge on any atom is 0.262 e. The van der Waals surface area contributed by atoms with Gasteiger partial charge in [0.1, 0.15) is 5.75 Å². The lowest BCUT2D eigenvalue weighted by Gasteiger charge is -2.08. The van der Waals surface area contributed by atoms with Gasteiger partial charge in [0, 0.05) is 11.6 Å². The van der Waals surface area contributed by atoms with Crippen LogP contribution in [0.25, 0.3) is 10.9 Å². The molecule has 0 aliphatic carbocycles. The van der Waals surface area contributed by atoms with Crippen molar-refractivity contribution >= 4 is 22.5 Å². The molecule has 4 nitrogen and oxygen atoms in total. The fourth-order valence-electron chi connectivity index (χ4n) is 2.04. The predicted molar refractivity (Wildman–Crippen MR) is 78.9 cm³/mol. The van der Waals surface area contributed by atoms with E-state index in [1.54, 1.807) is 0 Å². The van der Waals surface area contributed by atoms with Crippen LogP contribution in [0, 0.1) is 0 Å². The molecule has 0 saturated heterocycles. The highest BCUT2D eigenvalue weighted by Gasteiger charge is 2.07. The van der Waals surface area contributed by atoms with Gasteiger partial charge in [0.05, 0.1) is 11.2 Å². The molecule has 20 heavy (non-hydrogen) atoms. The number of ether oxygens (including phenoxy) is 1. The minimum absolute atomic E-state index is 0.0128. The third-order valence-electron chi connectivity index (χ3n) is 2.97. The molecule has 0 saturated carbocycles. The van der Waals surface area contributed by atoms with Crippen molar-refractivity contribution in [1.29, 1.82) is 0 Å². The summed E-state index contributed by atoms with van der Waals surface area (Å²) in [6.45, 7) is -0.0128. The molecule has 1 amide bonds. The summed E-state index contributed by atoms with van der Waals surface area (Å²) in [4.78, 5) is 15.0. The van der Waals surface area contributed by atoms with Gasteiger partial charge in [-0.25, -0.2) is 0 Å². The Hall–Kier alpha value is -2.75. The van der Waals surface area contributed by atoms with Crippen molar-refractivity contribution in [3.63, 3.8) is 0 Å². The molecule has 3 rings (SSSR count). The van der Waals surface area contributed by atoms with Gasteiger partial charge in [-0.1, -0.05) is 30.3 Å². The van der Waals surface area contributed by atoms with Crippen molar-refractivity contribution in [3.8, 4) is 5.75 Å². The molecule has 0 aliphatic rings. The van der Waals surface area contributed by atoms with E-state index in [9.17, 15) is 4.79 Å². The van der Waals surface area contributed by atoms with E-state index in [1.807, 2.05) is 60.8 Å². The van der Waals surface area contributed by atoms with Crippen LogP contribution in [-0.4, -0.2) is 17.5 Å². The van der Waals surface area contributed by atoms with Gasteiger partial charge in [-0.15, -0.1) is 0 Å². The Labute approximate surface area is 116 Å². The monoisotopic (exact) mass is 266 g/mol. The molecule has 3 aromatic rings. The van der Waals surface area contributed by atoms with Crippen molar-refractivity contribution < 1.29 is 9.53 Å². The molecule has 4 heteroatoms. The molecule has 1 aromatic heterocycles. The number of anilines is 1. The second-order valence-electron chi connectivity index (χ2n) is 4.40. The van der Waals surface area contributed by atoms with Crippen molar-refractivity contribution in [3.05, 3.63) is 60.8 Å². The molecule has 0 bridgehead atoms. The van der Waals surface area contributed by atoms with Gasteiger partial charge in [-0.3, -0.25) is 4.79 Å². The Kier molecular flexibility index (Phi) is 3.37. The molecule has 0 unspecified atom stereocenters. The minimum Gasteiger partial charge on any atom is -0.484 e. The number of para-hydroxylation sites is 2. The Morgan fingerprint density at radius 1 is 1.05 bits per heavy atom. The zero-order valence-corrected chi connectivity index (χ0v) is 10.8. The summed E-state index contributed by atoms with van der Waals surface area (Å²) in [5.41, 5.74) is 1.68. The van der Waals surface area contributed by atoms with Crippen LogP contribution in [0.5, 0.6) is 5.75 Å². The summed E-state index contributed by atoms with van der Waals surface area (Å²) in [5, 5.41) is 3.91. The summed E-state index contributed by atoms with van der Waals surface area (Å²) in [7, 11) is 0. The van der Waals surface area contributed by atoms with Crippen LogP contribution in [-0.2, 0) is 4.79 Å². The molecule has 0 spiro atoms. The number of aromatic amines is 1. The normalized spacial score (nSPS) is 10.4. The number of fused-ring (bicyclic) bond motifs is 1. The molecule has 0 aliphatic heterocycles. The Morgan fingerprint density at radius 2 is 1.90 bits per heavy atom. The SMILES string of the molecule is O=C(COc1ccccc1)Nc1cccc2cc[nH]c12. The van der Waals surface area contributed by atoms with Gasteiger partial charge < -0.3 is 15.0 Å². The fourth-order valence-corrected chi connectivity index (χ4v) is 2.04. The summed E-state index contributed by atoms with van der Waals surface area (Å²) >= 11 is 0. The summed E-state index contributed by atoms with van der Waals surface area (Å²) in [6.07, 6.45) is 1.85. The minimum atomic E-state index is -0.184. The number of nitrogens with one attached hydrogen (secondary N) is 2. The standard InChI is InChI=1S/C16H14N2O2/c19-15(11-20-13-6-2-1-3-7-13)18-14-8-4-5-12-9-10-17-16(12)14/h1-10,17H,11H2,(H,18,19). The van der Waals surface area contributed by atoms with Gasteiger partial charge in [0.25, 0.3) is 5.91 Å². The van der Waals surface area contributed by atoms with Crippen LogP contribution >= 0.6 is 0 Å². The summed E-state index contributed by atoms with van der Waals surface area (Å²) in [6, 6.07) is 17.0. The predicted octanol–water partition coefficient (Wildman–Crippen LogP) is 3.19. The number of carbonyl (C=O) groups is 1. The second kappa shape index (κ2) is 5.48. The van der Waals surface area contributed by atoms with E-state index in [4.69, 9.17) is 4.74 Å². The van der Waals surface area contributed by atoms with Gasteiger partial charge in [-0.05, 0) is 24.3 Å². The lowest BCUT2D eigenvalue weighted by atomic mass is 10.2. The zero-order valence-electron chi connectivity index (χ0n) is 10.8. The molecule has 0 fully saturated rings. The Morgan fingerprint density at radius 3 is 2.75 bits per heavy atom. The highest BCUT2D eigenvalue weighted by atomic mass is 16.5. The smallest absolute Gasteiger partial charge is 0.262 e. The topological polar surface area (TPSA) is 54.1 Å². The lowest BCUT2D eigenvalue weighted by Crippen LogP contribution is -2.20. The highest BCUT2D eigenvalue weighted by Crippen LogP contribution is 2.21. The third-order valence-corrected chi connectivity index (χ3v) is 2.97. The molecule has 0 atom stereocenters. The number of H-pyrrole nitrogens is 1. The van der Waals surface area contributed by atoms with E-state index in [0.29, 0.717) is 5.75 Å². The summed E-state index contributed by atoms with van der Waals surface area (Å²) < 4.78 is 5.41. The molecule has 2 aromatic carbocycles. The maximum atomic E-state index is 11.9. The van der Waals surface area contributed by atoms with E-state index in [1.165, 1.54) is 0 Å². The van der Waals surface area contributed by atoms with Crippen molar-refractivity contribution in [2.24, 2.45) is 0 Å². The third kappa shape index (κ3) is 2.64. The number of benzene rings is 2. The van der Waals surface area contributed by atoms with Gasteiger partial charge in [0.2, 0.25) is 0 Å². The molecule has 2 N–H and O–H groups in total. The zero-order chi connectivity index (χ0) is 13.8. The van der Waals surface area contributed by atoms with E-state index in [2.05, 4.69) is 10.3 Å². The van der Waals surface area contributed by atoms with Gasteiger partial charge in [0.15, 0.2) is 6.61 Å². The largest absolute Gasteiger partial charge is 0.484 e. The van der Waals surface area contributed by atoms with Crippen LogP contribution in [0.4, 0.5) is 5.69 Å². The van der Waals surface area contributed by atoms with Gasteiger partial charge >= 0.3 is 0 Å². The number of rotatable bonds is 4. The van der Waals surface area contributed by atoms with Crippen LogP contribution in [0.1, 0.15) is 0 Å². The maximum absolute atomic E-state index is 11.9.